The molecule has 0 fully saturated rings. The molecule has 1 aromatic heterocycles. The zero-order valence-electron chi connectivity index (χ0n) is 9.33. The number of hydrogen-bond acceptors (Lipinski definition) is 3. The van der Waals surface area contributed by atoms with E-state index in [0.29, 0.717) is 23.4 Å². The van der Waals surface area contributed by atoms with Crippen LogP contribution in [0.2, 0.25) is 0 Å². The Labute approximate surface area is 97.3 Å². The van der Waals surface area contributed by atoms with Gasteiger partial charge in [-0.25, -0.2) is 9.37 Å². The zero-order chi connectivity index (χ0) is 12.4. The SMILES string of the molecule is CCc1c(N)nc(-c2ccc(F)cc2)[nH]c1=O. The smallest absolute Gasteiger partial charge is 0.256 e. The Hall–Kier alpha value is -2.17. The lowest BCUT2D eigenvalue weighted by Crippen LogP contribution is -2.17. The molecule has 0 radical (unpaired) electrons. The highest BCUT2D eigenvalue weighted by Gasteiger charge is 2.08. The molecule has 5 heteroatoms. The van der Waals surface area contributed by atoms with E-state index in [4.69, 9.17) is 5.73 Å². The highest BCUT2D eigenvalue weighted by Crippen LogP contribution is 2.16. The fourth-order valence-corrected chi connectivity index (χ4v) is 1.60. The van der Waals surface area contributed by atoms with Gasteiger partial charge >= 0.3 is 0 Å². The average molecular weight is 233 g/mol. The minimum atomic E-state index is -0.339. The van der Waals surface area contributed by atoms with E-state index >= 15 is 0 Å². The Morgan fingerprint density at radius 3 is 2.53 bits per heavy atom. The summed E-state index contributed by atoms with van der Waals surface area (Å²) in [7, 11) is 0. The van der Waals surface area contributed by atoms with Crippen molar-refractivity contribution in [2.45, 2.75) is 13.3 Å². The van der Waals surface area contributed by atoms with Gasteiger partial charge in [0, 0.05) is 5.56 Å². The zero-order valence-corrected chi connectivity index (χ0v) is 9.33. The molecular weight excluding hydrogens is 221 g/mol. The van der Waals surface area contributed by atoms with Gasteiger partial charge in [-0.15, -0.1) is 0 Å². The van der Waals surface area contributed by atoms with E-state index in [9.17, 15) is 9.18 Å². The Morgan fingerprint density at radius 1 is 1.35 bits per heavy atom. The first kappa shape index (κ1) is 11.3. The summed E-state index contributed by atoms with van der Waals surface area (Å²) in [5.74, 6) is 0.231. The summed E-state index contributed by atoms with van der Waals surface area (Å²) in [6.45, 7) is 1.83. The van der Waals surface area contributed by atoms with Gasteiger partial charge in [-0.1, -0.05) is 6.92 Å². The largest absolute Gasteiger partial charge is 0.383 e. The number of aromatic nitrogens is 2. The highest BCUT2D eigenvalue weighted by molar-refractivity contribution is 5.57. The molecule has 0 amide bonds. The van der Waals surface area contributed by atoms with E-state index < -0.39 is 0 Å². The van der Waals surface area contributed by atoms with Gasteiger partial charge < -0.3 is 10.7 Å². The van der Waals surface area contributed by atoms with Crippen molar-refractivity contribution in [1.82, 2.24) is 9.97 Å². The maximum Gasteiger partial charge on any atom is 0.256 e. The van der Waals surface area contributed by atoms with Crippen LogP contribution in [0.15, 0.2) is 29.1 Å². The molecule has 0 saturated heterocycles. The number of nitrogens with one attached hydrogen (secondary N) is 1. The minimum absolute atomic E-state index is 0.218. The van der Waals surface area contributed by atoms with Crippen LogP contribution >= 0.6 is 0 Å². The standard InChI is InChI=1S/C12H12FN3O/c1-2-9-10(14)15-11(16-12(9)17)7-3-5-8(13)6-4-7/h3-6H,2H2,1H3,(H3,14,15,16,17). The number of rotatable bonds is 2. The van der Waals surface area contributed by atoms with E-state index in [2.05, 4.69) is 9.97 Å². The molecule has 3 N–H and O–H groups in total. The molecule has 0 atom stereocenters. The molecule has 0 aliphatic rings. The maximum atomic E-state index is 12.8. The molecule has 0 aliphatic carbocycles. The van der Waals surface area contributed by atoms with Crippen molar-refractivity contribution in [3.63, 3.8) is 0 Å². The Kier molecular flexibility index (Phi) is 2.91. The summed E-state index contributed by atoms with van der Waals surface area (Å²) in [6, 6.07) is 5.69. The van der Waals surface area contributed by atoms with Gasteiger partial charge in [0.05, 0.1) is 5.56 Å². The van der Waals surface area contributed by atoms with Gasteiger partial charge in [-0.05, 0) is 30.7 Å². The van der Waals surface area contributed by atoms with E-state index in [1.807, 2.05) is 6.92 Å². The van der Waals surface area contributed by atoms with Gasteiger partial charge in [-0.2, -0.15) is 0 Å². The predicted molar refractivity (Wildman–Crippen MR) is 64.0 cm³/mol. The highest BCUT2D eigenvalue weighted by atomic mass is 19.1. The Bertz CT molecular complexity index is 590. The first-order valence-electron chi connectivity index (χ1n) is 5.26. The molecule has 2 aromatic rings. The van der Waals surface area contributed by atoms with Crippen molar-refractivity contribution in [3.05, 3.63) is 46.0 Å². The monoisotopic (exact) mass is 233 g/mol. The van der Waals surface area contributed by atoms with Gasteiger partial charge in [0.2, 0.25) is 0 Å². The summed E-state index contributed by atoms with van der Waals surface area (Å²) in [4.78, 5) is 18.4. The lowest BCUT2D eigenvalue weighted by atomic mass is 10.2. The summed E-state index contributed by atoms with van der Waals surface area (Å²) < 4.78 is 12.8. The number of nitrogens with zero attached hydrogens (tertiary/aromatic N) is 1. The summed E-state index contributed by atoms with van der Waals surface area (Å²) >= 11 is 0. The van der Waals surface area contributed by atoms with Gasteiger partial charge in [-0.3, -0.25) is 4.79 Å². The van der Waals surface area contributed by atoms with Crippen LogP contribution in [0, 0.1) is 5.82 Å². The molecule has 17 heavy (non-hydrogen) atoms. The summed E-state index contributed by atoms with van der Waals surface area (Å²) in [6.07, 6.45) is 0.526. The molecule has 4 nitrogen and oxygen atoms in total. The second-order valence-electron chi connectivity index (χ2n) is 3.64. The van der Waals surface area contributed by atoms with E-state index in [1.54, 1.807) is 12.1 Å². The predicted octanol–water partition coefficient (Wildman–Crippen LogP) is 1.72. The quantitative estimate of drug-likeness (QED) is 0.829. The number of anilines is 1. The molecule has 2 rings (SSSR count). The molecule has 1 aromatic carbocycles. The fourth-order valence-electron chi connectivity index (χ4n) is 1.60. The first-order valence-corrected chi connectivity index (χ1v) is 5.26. The van der Waals surface area contributed by atoms with Crippen molar-refractivity contribution < 1.29 is 4.39 Å². The minimum Gasteiger partial charge on any atom is -0.383 e. The van der Waals surface area contributed by atoms with Crippen LogP contribution in [0.4, 0.5) is 10.2 Å². The van der Waals surface area contributed by atoms with E-state index in [-0.39, 0.29) is 17.2 Å². The molecule has 0 spiro atoms. The van der Waals surface area contributed by atoms with Crippen LogP contribution in [0.5, 0.6) is 0 Å². The topological polar surface area (TPSA) is 71.8 Å². The number of halogens is 1. The molecule has 88 valence electrons. The first-order chi connectivity index (χ1) is 8.11. The van der Waals surface area contributed by atoms with Gasteiger partial charge in [0.1, 0.15) is 17.5 Å². The third-order valence-electron chi connectivity index (χ3n) is 2.52. The Balaban J connectivity index is 2.54. The van der Waals surface area contributed by atoms with Crippen LogP contribution < -0.4 is 11.3 Å². The molecule has 1 heterocycles. The molecule has 0 saturated carbocycles. The second kappa shape index (κ2) is 4.37. The van der Waals surface area contributed by atoms with E-state index in [0.717, 1.165) is 0 Å². The summed E-state index contributed by atoms with van der Waals surface area (Å²) in [5.41, 5.74) is 6.54. The molecule has 0 aliphatic heterocycles. The third kappa shape index (κ3) is 2.18. The molecule has 0 bridgehead atoms. The van der Waals surface area contributed by atoms with Crippen LogP contribution in [0.25, 0.3) is 11.4 Å². The molecular formula is C12H12FN3O. The number of nitrogen functional groups attached to an aromatic ring is 1. The average Bonchev–Trinajstić information content (AvgIpc) is 2.29. The van der Waals surface area contributed by atoms with Crippen LogP contribution in [-0.4, -0.2) is 9.97 Å². The van der Waals surface area contributed by atoms with Crippen LogP contribution in [0.3, 0.4) is 0 Å². The van der Waals surface area contributed by atoms with Crippen LogP contribution in [-0.2, 0) is 6.42 Å². The maximum absolute atomic E-state index is 12.8. The third-order valence-corrected chi connectivity index (χ3v) is 2.52. The Morgan fingerprint density at radius 2 is 2.00 bits per heavy atom. The number of nitrogens with two attached hydrogens (primary N) is 1. The number of hydrogen-bond donors (Lipinski definition) is 2. The van der Waals surface area contributed by atoms with Crippen molar-refractivity contribution in [2.24, 2.45) is 0 Å². The second-order valence-corrected chi connectivity index (χ2v) is 3.64. The lowest BCUT2D eigenvalue weighted by molar-refractivity contribution is 0.628. The van der Waals surface area contributed by atoms with Crippen molar-refractivity contribution in [2.75, 3.05) is 5.73 Å². The van der Waals surface area contributed by atoms with E-state index in [1.165, 1.54) is 12.1 Å². The number of benzene rings is 1. The number of aromatic amines is 1. The lowest BCUT2D eigenvalue weighted by Gasteiger charge is -2.05. The van der Waals surface area contributed by atoms with Crippen molar-refractivity contribution in [3.8, 4) is 11.4 Å². The fraction of sp³-hybridized carbons (Fsp3) is 0.167. The summed E-state index contributed by atoms with van der Waals surface area (Å²) in [5, 5.41) is 0. The van der Waals surface area contributed by atoms with Crippen molar-refractivity contribution in [1.29, 1.82) is 0 Å². The van der Waals surface area contributed by atoms with Crippen molar-refractivity contribution >= 4 is 5.82 Å². The normalized spacial score (nSPS) is 10.5. The van der Waals surface area contributed by atoms with Crippen LogP contribution in [0.1, 0.15) is 12.5 Å². The van der Waals surface area contributed by atoms with Gasteiger partial charge in [0.25, 0.3) is 5.56 Å². The number of H-pyrrole nitrogens is 1. The molecule has 0 unspecified atom stereocenters. The van der Waals surface area contributed by atoms with Gasteiger partial charge in [0.15, 0.2) is 0 Å².